The molecule has 0 saturated carbocycles. The second-order valence-electron chi connectivity index (χ2n) is 14.5. The Morgan fingerprint density at radius 2 is 0.807 bits per heavy atom. The van der Waals surface area contributed by atoms with Gasteiger partial charge in [0.1, 0.15) is 0 Å². The van der Waals surface area contributed by atoms with E-state index >= 15 is 0 Å². The third-order valence-corrected chi connectivity index (χ3v) is 12.3. The largest absolute Gasteiger partial charge is 0.310 e. The Labute approximate surface area is 335 Å². The first-order chi connectivity index (χ1) is 28.3. The minimum Gasteiger partial charge on any atom is -0.310 e. The van der Waals surface area contributed by atoms with E-state index in [1.54, 1.807) is 0 Å². The molecule has 9 aromatic carbocycles. The average Bonchev–Trinajstić information content (AvgIpc) is 3.82. The van der Waals surface area contributed by atoms with Gasteiger partial charge in [-0.2, -0.15) is 0 Å². The summed E-state index contributed by atoms with van der Waals surface area (Å²) in [6, 6.07) is 79.4. The number of benzene rings is 9. The Morgan fingerprint density at radius 3 is 1.49 bits per heavy atom. The smallest absolute Gasteiger partial charge is 0.0541 e. The summed E-state index contributed by atoms with van der Waals surface area (Å²) >= 11 is 1.87. The number of hydrogen-bond donors (Lipinski definition) is 0. The molecule has 0 atom stereocenters. The van der Waals surface area contributed by atoms with E-state index in [9.17, 15) is 0 Å². The zero-order valence-corrected chi connectivity index (χ0v) is 31.9. The first kappa shape index (κ1) is 33.2. The van der Waals surface area contributed by atoms with Crippen LogP contribution in [0, 0.1) is 0 Å². The highest BCUT2D eigenvalue weighted by Crippen LogP contribution is 2.44. The molecule has 0 aliphatic rings. The predicted octanol–water partition coefficient (Wildman–Crippen LogP) is 15.6. The van der Waals surface area contributed by atoms with Crippen LogP contribution in [0.4, 0.5) is 17.1 Å². The van der Waals surface area contributed by atoms with Crippen LogP contribution in [0.2, 0.25) is 0 Å². The van der Waals surface area contributed by atoms with E-state index in [1.807, 2.05) is 11.3 Å². The molecule has 11 aromatic rings. The average molecular weight is 745 g/mol. The van der Waals surface area contributed by atoms with Gasteiger partial charge in [0.15, 0.2) is 0 Å². The van der Waals surface area contributed by atoms with E-state index in [0.717, 1.165) is 28.3 Å². The summed E-state index contributed by atoms with van der Waals surface area (Å²) in [4.78, 5) is 2.41. The molecular weight excluding hydrogens is 709 g/mol. The molecule has 2 nitrogen and oxygen atoms in total. The van der Waals surface area contributed by atoms with Crippen LogP contribution in [0.3, 0.4) is 0 Å². The van der Waals surface area contributed by atoms with Gasteiger partial charge >= 0.3 is 0 Å². The highest BCUT2D eigenvalue weighted by Gasteiger charge is 2.19. The molecule has 0 amide bonds. The second-order valence-corrected chi connectivity index (χ2v) is 15.6. The minimum atomic E-state index is 1.10. The van der Waals surface area contributed by atoms with Crippen LogP contribution in [0.15, 0.2) is 218 Å². The Bertz CT molecular complexity index is 3190. The normalized spacial score (nSPS) is 11.5. The number of aromatic nitrogens is 1. The zero-order chi connectivity index (χ0) is 37.7. The number of hydrogen-bond acceptors (Lipinski definition) is 2. The van der Waals surface area contributed by atoms with Crippen LogP contribution in [-0.2, 0) is 0 Å². The molecule has 3 heteroatoms. The van der Waals surface area contributed by atoms with Crippen LogP contribution in [0.25, 0.3) is 81.0 Å². The maximum absolute atomic E-state index is 2.42. The SMILES string of the molecule is c1ccc(-c2cccc(N(c3cccc(-c4ccccc4-n4c5ccccc5c5ccccc54)c3)c3ccc4c(c3)sc3cc(-c5ccccc5)ccc34)c2)cc1. The van der Waals surface area contributed by atoms with Crippen molar-refractivity contribution in [3.8, 4) is 39.1 Å². The standard InChI is InChI=1S/C54H36N2S/c1-3-15-37(16-4-1)39-19-13-21-42(33-39)55(44-30-32-49-48-31-29-40(38-17-5-2-6-18-38)35-53(48)57-54(49)36-44)43-22-14-20-41(34-43)45-23-7-10-26-50(45)56-51-27-11-8-24-46(51)47-25-9-12-28-52(47)56/h1-36H. The van der Waals surface area contributed by atoms with E-state index in [0.29, 0.717) is 0 Å². The lowest BCUT2D eigenvalue weighted by atomic mass is 10.0. The molecular formula is C54H36N2S. The fraction of sp³-hybridized carbons (Fsp3) is 0. The lowest BCUT2D eigenvalue weighted by Gasteiger charge is -2.27. The fourth-order valence-electron chi connectivity index (χ4n) is 8.52. The van der Waals surface area contributed by atoms with Gasteiger partial charge in [-0.25, -0.2) is 0 Å². The number of nitrogens with zero attached hydrogens (tertiary/aromatic N) is 2. The van der Waals surface area contributed by atoms with Gasteiger partial charge in [-0.1, -0.05) is 158 Å². The molecule has 0 fully saturated rings. The van der Waals surface area contributed by atoms with Crippen molar-refractivity contribution in [2.75, 3.05) is 4.90 Å². The van der Waals surface area contributed by atoms with E-state index in [4.69, 9.17) is 0 Å². The van der Waals surface area contributed by atoms with Gasteiger partial charge in [0.05, 0.1) is 16.7 Å². The molecule has 0 aliphatic heterocycles. The Hall–Kier alpha value is -7.20. The van der Waals surface area contributed by atoms with Crippen molar-refractivity contribution in [2.45, 2.75) is 0 Å². The molecule has 0 radical (unpaired) electrons. The summed E-state index contributed by atoms with van der Waals surface area (Å²) < 4.78 is 4.99. The third-order valence-electron chi connectivity index (χ3n) is 11.2. The third kappa shape index (κ3) is 5.80. The Balaban J connectivity index is 1.08. The van der Waals surface area contributed by atoms with Gasteiger partial charge in [-0.05, 0) is 88.5 Å². The summed E-state index contributed by atoms with van der Waals surface area (Å²) in [6.45, 7) is 0. The molecule has 0 spiro atoms. The van der Waals surface area contributed by atoms with Crippen molar-refractivity contribution in [3.05, 3.63) is 218 Å². The van der Waals surface area contributed by atoms with Crippen molar-refractivity contribution in [1.82, 2.24) is 4.57 Å². The van der Waals surface area contributed by atoms with Gasteiger partial charge in [-0.15, -0.1) is 11.3 Å². The molecule has 11 rings (SSSR count). The van der Waals surface area contributed by atoms with Crippen LogP contribution in [0.1, 0.15) is 0 Å². The molecule has 0 N–H and O–H groups in total. The lowest BCUT2D eigenvalue weighted by Crippen LogP contribution is -2.10. The monoisotopic (exact) mass is 744 g/mol. The number of rotatable bonds is 7. The summed E-state index contributed by atoms with van der Waals surface area (Å²) in [5.74, 6) is 0. The van der Waals surface area contributed by atoms with Crippen molar-refractivity contribution < 1.29 is 0 Å². The van der Waals surface area contributed by atoms with Gasteiger partial charge in [0.25, 0.3) is 0 Å². The topological polar surface area (TPSA) is 8.17 Å². The zero-order valence-electron chi connectivity index (χ0n) is 31.1. The highest BCUT2D eigenvalue weighted by molar-refractivity contribution is 7.25. The maximum atomic E-state index is 2.42. The predicted molar refractivity (Wildman–Crippen MR) is 245 cm³/mol. The quantitative estimate of drug-likeness (QED) is 0.158. The molecule has 2 heterocycles. The fourth-order valence-corrected chi connectivity index (χ4v) is 9.70. The van der Waals surface area contributed by atoms with Gasteiger partial charge in [0, 0.05) is 53.6 Å². The van der Waals surface area contributed by atoms with Gasteiger partial charge in [0.2, 0.25) is 0 Å². The van der Waals surface area contributed by atoms with Gasteiger partial charge < -0.3 is 9.47 Å². The lowest BCUT2D eigenvalue weighted by molar-refractivity contribution is 1.18. The molecule has 268 valence electrons. The van der Waals surface area contributed by atoms with Crippen molar-refractivity contribution in [2.24, 2.45) is 0 Å². The molecule has 0 saturated heterocycles. The molecule has 0 unspecified atom stereocenters. The summed E-state index contributed by atoms with van der Waals surface area (Å²) in [7, 11) is 0. The summed E-state index contributed by atoms with van der Waals surface area (Å²) in [5.41, 5.74) is 14.1. The maximum Gasteiger partial charge on any atom is 0.0541 e. The van der Waals surface area contributed by atoms with Crippen LogP contribution in [0.5, 0.6) is 0 Å². The first-order valence-electron chi connectivity index (χ1n) is 19.4. The Morgan fingerprint density at radius 1 is 0.316 bits per heavy atom. The summed E-state index contributed by atoms with van der Waals surface area (Å²) in [6.07, 6.45) is 0. The molecule has 57 heavy (non-hydrogen) atoms. The minimum absolute atomic E-state index is 1.10. The number of anilines is 3. The van der Waals surface area contributed by atoms with E-state index in [-0.39, 0.29) is 0 Å². The van der Waals surface area contributed by atoms with E-state index in [2.05, 4.69) is 228 Å². The van der Waals surface area contributed by atoms with Crippen molar-refractivity contribution in [1.29, 1.82) is 0 Å². The van der Waals surface area contributed by atoms with Crippen LogP contribution >= 0.6 is 11.3 Å². The molecule has 2 aromatic heterocycles. The van der Waals surface area contributed by atoms with E-state index < -0.39 is 0 Å². The van der Waals surface area contributed by atoms with Crippen molar-refractivity contribution in [3.63, 3.8) is 0 Å². The highest BCUT2D eigenvalue weighted by atomic mass is 32.1. The summed E-state index contributed by atoms with van der Waals surface area (Å²) in [5, 5.41) is 5.09. The molecule has 0 aliphatic carbocycles. The van der Waals surface area contributed by atoms with Gasteiger partial charge in [-0.3, -0.25) is 0 Å². The first-order valence-corrected chi connectivity index (χ1v) is 20.2. The number of fused-ring (bicyclic) bond motifs is 6. The number of para-hydroxylation sites is 3. The van der Waals surface area contributed by atoms with Crippen LogP contribution in [-0.4, -0.2) is 4.57 Å². The number of thiophene rings is 1. The van der Waals surface area contributed by atoms with Crippen molar-refractivity contribution >= 4 is 70.4 Å². The van der Waals surface area contributed by atoms with E-state index in [1.165, 1.54) is 69.8 Å². The Kier molecular flexibility index (Phi) is 8.04. The second kappa shape index (κ2) is 13.8. The molecule has 0 bridgehead atoms. The van der Waals surface area contributed by atoms with Crippen LogP contribution < -0.4 is 4.90 Å².